The Morgan fingerprint density at radius 1 is 1.02 bits per heavy atom. The Kier molecular flexibility index (Phi) is 8.51. The maximum absolute atomic E-state index is 14.4. The van der Waals surface area contributed by atoms with E-state index in [0.717, 1.165) is 48.6 Å². The second-order valence-electron chi connectivity index (χ2n) is 11.2. The number of hydrogen-bond acceptors (Lipinski definition) is 6. The number of hydrogen-bond donors (Lipinski definition) is 2. The molecule has 41 heavy (non-hydrogen) atoms. The fourth-order valence-corrected chi connectivity index (χ4v) is 6.97. The molecule has 2 aromatic carbocycles. The van der Waals surface area contributed by atoms with Gasteiger partial charge in [-0.1, -0.05) is 54.8 Å². The van der Waals surface area contributed by atoms with E-state index in [2.05, 4.69) is 26.3 Å². The van der Waals surface area contributed by atoms with Crippen LogP contribution < -0.4 is 10.0 Å². The van der Waals surface area contributed by atoms with Gasteiger partial charge in [0.05, 0.1) is 30.5 Å². The number of carbonyl (C=O) groups excluding carboxylic acids is 2. The summed E-state index contributed by atoms with van der Waals surface area (Å²) in [7, 11) is -3.40. The first-order chi connectivity index (χ1) is 19.6. The molecule has 0 bridgehead atoms. The van der Waals surface area contributed by atoms with Crippen molar-refractivity contribution in [3.05, 3.63) is 94.3 Å². The molecule has 2 amide bonds. The van der Waals surface area contributed by atoms with Crippen LogP contribution in [0.5, 0.6) is 0 Å². The van der Waals surface area contributed by atoms with Crippen molar-refractivity contribution in [3.8, 4) is 0 Å². The van der Waals surface area contributed by atoms with Gasteiger partial charge in [-0.05, 0) is 67.5 Å². The Bertz CT molecular complexity index is 1530. The van der Waals surface area contributed by atoms with Crippen LogP contribution in [-0.4, -0.2) is 54.2 Å². The van der Waals surface area contributed by atoms with E-state index in [4.69, 9.17) is 0 Å². The summed E-state index contributed by atoms with van der Waals surface area (Å²) in [5.41, 5.74) is 4.85. The Hall–Kier alpha value is -3.63. The van der Waals surface area contributed by atoms with E-state index in [0.29, 0.717) is 16.8 Å². The molecule has 2 heterocycles. The molecule has 10 heteroatoms. The summed E-state index contributed by atoms with van der Waals surface area (Å²) in [4.78, 5) is 30.5. The van der Waals surface area contributed by atoms with Crippen molar-refractivity contribution in [2.45, 2.75) is 64.1 Å². The number of amides is 2. The lowest BCUT2D eigenvalue weighted by Crippen LogP contribution is -2.55. The topological polar surface area (TPSA) is 121 Å². The molecule has 0 unspecified atom stereocenters. The van der Waals surface area contributed by atoms with E-state index >= 15 is 0 Å². The SMILES string of the molecule is Cc1ccc([C@H]2[C@H](C(=O)NCc3cccnn3)c3ccccc3C(=O)N2[C@H]2CCCC[C@@H]2CNS(C)(=O)=O)c(C)c1. The summed E-state index contributed by atoms with van der Waals surface area (Å²) >= 11 is 0. The molecule has 0 saturated heterocycles. The van der Waals surface area contributed by atoms with Crippen molar-refractivity contribution in [1.29, 1.82) is 0 Å². The zero-order chi connectivity index (χ0) is 29.1. The van der Waals surface area contributed by atoms with Crippen molar-refractivity contribution in [2.75, 3.05) is 12.8 Å². The summed E-state index contributed by atoms with van der Waals surface area (Å²) in [5, 5.41) is 11.1. The third-order valence-electron chi connectivity index (χ3n) is 8.31. The molecule has 3 aromatic rings. The fraction of sp³-hybridized carbons (Fsp3) is 0.419. The predicted octanol–water partition coefficient (Wildman–Crippen LogP) is 3.80. The van der Waals surface area contributed by atoms with Gasteiger partial charge in [-0.2, -0.15) is 10.2 Å². The van der Waals surface area contributed by atoms with Crippen LogP contribution in [0.4, 0.5) is 0 Å². The Balaban J connectivity index is 1.62. The van der Waals surface area contributed by atoms with Gasteiger partial charge in [-0.25, -0.2) is 13.1 Å². The summed E-state index contributed by atoms with van der Waals surface area (Å²) in [6.07, 6.45) is 6.15. The second kappa shape index (κ2) is 12.1. The van der Waals surface area contributed by atoms with Gasteiger partial charge in [0.25, 0.3) is 5.91 Å². The van der Waals surface area contributed by atoms with Gasteiger partial charge in [0.2, 0.25) is 15.9 Å². The van der Waals surface area contributed by atoms with Gasteiger partial charge in [-0.3, -0.25) is 9.59 Å². The van der Waals surface area contributed by atoms with Crippen LogP contribution in [0, 0.1) is 19.8 Å². The van der Waals surface area contributed by atoms with Gasteiger partial charge in [0, 0.05) is 24.3 Å². The Labute approximate surface area is 241 Å². The largest absolute Gasteiger partial charge is 0.350 e. The smallest absolute Gasteiger partial charge is 0.254 e. The monoisotopic (exact) mass is 575 g/mol. The maximum Gasteiger partial charge on any atom is 0.254 e. The van der Waals surface area contributed by atoms with Crippen LogP contribution in [0.25, 0.3) is 0 Å². The van der Waals surface area contributed by atoms with Crippen molar-refractivity contribution >= 4 is 21.8 Å². The van der Waals surface area contributed by atoms with Crippen molar-refractivity contribution < 1.29 is 18.0 Å². The summed E-state index contributed by atoms with van der Waals surface area (Å²) in [5.74, 6) is -1.08. The minimum atomic E-state index is -3.40. The molecule has 216 valence electrons. The zero-order valence-electron chi connectivity index (χ0n) is 23.7. The highest BCUT2D eigenvalue weighted by Gasteiger charge is 2.48. The van der Waals surface area contributed by atoms with Crippen LogP contribution in [0.3, 0.4) is 0 Å². The standard InChI is InChI=1S/C31H37N5O4S/c1-20-14-15-24(21(2)17-20)29-28(30(37)32-19-23-10-8-16-33-35-23)25-11-5-6-12-26(25)31(38)36(29)27-13-7-4-9-22(27)18-34-41(3,39)40/h5-6,8,10-12,14-17,22,27-29,34H,4,7,9,13,18-19H2,1-3H3,(H,32,37)/t22-,27+,28-,29+/m1/s1. The van der Waals surface area contributed by atoms with E-state index in [1.807, 2.05) is 49.1 Å². The number of rotatable bonds is 8. The number of aryl methyl sites for hydroxylation is 2. The van der Waals surface area contributed by atoms with Gasteiger partial charge in [0.1, 0.15) is 0 Å². The van der Waals surface area contributed by atoms with Crippen LogP contribution >= 0.6 is 0 Å². The number of nitrogens with zero attached hydrogens (tertiary/aromatic N) is 3. The average Bonchev–Trinajstić information content (AvgIpc) is 2.95. The average molecular weight is 576 g/mol. The molecule has 1 aliphatic carbocycles. The Morgan fingerprint density at radius 2 is 1.80 bits per heavy atom. The zero-order valence-corrected chi connectivity index (χ0v) is 24.5. The minimum absolute atomic E-state index is 0.0794. The molecule has 1 saturated carbocycles. The number of sulfonamides is 1. The third-order valence-corrected chi connectivity index (χ3v) is 9.00. The maximum atomic E-state index is 14.4. The fourth-order valence-electron chi connectivity index (χ4n) is 6.45. The molecule has 2 N–H and O–H groups in total. The van der Waals surface area contributed by atoms with Crippen molar-refractivity contribution in [3.63, 3.8) is 0 Å². The third kappa shape index (κ3) is 6.33. The predicted molar refractivity (Wildman–Crippen MR) is 156 cm³/mol. The van der Waals surface area contributed by atoms with Gasteiger partial charge in [0.15, 0.2) is 0 Å². The Morgan fingerprint density at radius 3 is 2.54 bits per heavy atom. The number of benzene rings is 2. The molecular weight excluding hydrogens is 538 g/mol. The van der Waals surface area contributed by atoms with Crippen LogP contribution in [0.2, 0.25) is 0 Å². The molecule has 1 aromatic heterocycles. The molecule has 0 radical (unpaired) electrons. The van der Waals surface area contributed by atoms with E-state index in [-0.39, 0.29) is 36.9 Å². The van der Waals surface area contributed by atoms with E-state index in [9.17, 15) is 18.0 Å². The number of carbonyl (C=O) groups is 2. The van der Waals surface area contributed by atoms with Gasteiger partial charge in [-0.15, -0.1) is 0 Å². The highest BCUT2D eigenvalue weighted by molar-refractivity contribution is 7.88. The first kappa shape index (κ1) is 28.9. The summed E-state index contributed by atoms with van der Waals surface area (Å²) in [6.45, 7) is 4.50. The lowest BCUT2D eigenvalue weighted by Gasteiger charge is -2.49. The van der Waals surface area contributed by atoms with Crippen LogP contribution in [0.15, 0.2) is 60.8 Å². The molecule has 1 fully saturated rings. The van der Waals surface area contributed by atoms with Crippen molar-refractivity contribution in [1.82, 2.24) is 25.1 Å². The summed E-state index contributed by atoms with van der Waals surface area (Å²) < 4.78 is 26.7. The first-order valence-electron chi connectivity index (χ1n) is 14.1. The summed E-state index contributed by atoms with van der Waals surface area (Å²) in [6, 6.07) is 16.3. The number of aromatic nitrogens is 2. The quantitative estimate of drug-likeness (QED) is 0.422. The first-order valence-corrected chi connectivity index (χ1v) is 16.0. The van der Waals surface area contributed by atoms with Crippen molar-refractivity contribution in [2.24, 2.45) is 5.92 Å². The van der Waals surface area contributed by atoms with E-state index in [1.54, 1.807) is 24.4 Å². The molecule has 9 nitrogen and oxygen atoms in total. The van der Waals surface area contributed by atoms with Gasteiger partial charge < -0.3 is 10.2 Å². The molecule has 5 rings (SSSR count). The van der Waals surface area contributed by atoms with Crippen LogP contribution in [-0.2, 0) is 21.4 Å². The minimum Gasteiger partial charge on any atom is -0.350 e. The molecular formula is C31H37N5O4S. The normalized spacial score (nSPS) is 22.7. The molecule has 4 atom stereocenters. The number of fused-ring (bicyclic) bond motifs is 1. The molecule has 1 aliphatic heterocycles. The van der Waals surface area contributed by atoms with E-state index in [1.165, 1.54) is 0 Å². The lowest BCUT2D eigenvalue weighted by molar-refractivity contribution is -0.124. The number of nitrogens with one attached hydrogen (secondary N) is 2. The van der Waals surface area contributed by atoms with E-state index < -0.39 is 22.0 Å². The lowest BCUT2D eigenvalue weighted by atomic mass is 9.74. The second-order valence-corrected chi connectivity index (χ2v) is 13.1. The van der Waals surface area contributed by atoms with Crippen LogP contribution in [0.1, 0.15) is 75.9 Å². The molecule has 2 aliphatic rings. The molecule has 0 spiro atoms. The highest BCUT2D eigenvalue weighted by Crippen LogP contribution is 2.47. The highest BCUT2D eigenvalue weighted by atomic mass is 32.2. The van der Waals surface area contributed by atoms with Gasteiger partial charge >= 0.3 is 0 Å².